The Hall–Kier alpha value is -0.710. The molecule has 1 heterocycles. The van der Waals surface area contributed by atoms with Gasteiger partial charge in [-0.25, -0.2) is 4.68 Å². The quantitative estimate of drug-likeness (QED) is 0.525. The summed E-state index contributed by atoms with van der Waals surface area (Å²) in [7, 11) is 0. The van der Waals surface area contributed by atoms with Crippen LogP contribution in [0.2, 0.25) is 0 Å². The zero-order chi connectivity index (χ0) is 9.35. The monoisotopic (exact) mass is 186 g/mol. The highest BCUT2D eigenvalue weighted by atomic mass is 32.2. The number of hydrogen-bond acceptors (Lipinski definition) is 4. The number of nitrogens with zero attached hydrogens (tertiary/aromatic N) is 3. The number of nitrogens with two attached hydrogens (primary N) is 1. The molecule has 0 aliphatic rings. The maximum atomic E-state index is 5.77. The van der Waals surface area contributed by atoms with Crippen molar-refractivity contribution in [3.63, 3.8) is 0 Å². The first kappa shape index (κ1) is 9.38. The van der Waals surface area contributed by atoms with E-state index in [-0.39, 0.29) is 5.41 Å². The fourth-order valence-corrected chi connectivity index (χ4v) is 1.33. The van der Waals surface area contributed by atoms with Crippen molar-refractivity contribution in [1.29, 1.82) is 0 Å². The van der Waals surface area contributed by atoms with E-state index in [1.807, 2.05) is 6.26 Å². The van der Waals surface area contributed by atoms with E-state index >= 15 is 0 Å². The van der Waals surface area contributed by atoms with Gasteiger partial charge in [0, 0.05) is 5.41 Å². The van der Waals surface area contributed by atoms with E-state index in [0.717, 1.165) is 11.0 Å². The van der Waals surface area contributed by atoms with Crippen LogP contribution in [0.25, 0.3) is 0 Å². The smallest absolute Gasteiger partial charge is 0.209 e. The summed E-state index contributed by atoms with van der Waals surface area (Å²) in [5, 5.41) is 8.73. The van der Waals surface area contributed by atoms with Gasteiger partial charge in [-0.05, 0) is 6.26 Å². The second-order valence-electron chi connectivity index (χ2n) is 3.63. The Morgan fingerprint density at radius 1 is 1.33 bits per heavy atom. The highest BCUT2D eigenvalue weighted by molar-refractivity contribution is 7.98. The molecule has 68 valence electrons. The maximum Gasteiger partial charge on any atom is 0.209 e. The molecule has 0 aromatic carbocycles. The van der Waals surface area contributed by atoms with Crippen LogP contribution < -0.4 is 5.84 Å². The first-order chi connectivity index (χ1) is 5.46. The van der Waals surface area contributed by atoms with Gasteiger partial charge in [0.15, 0.2) is 5.82 Å². The first-order valence-electron chi connectivity index (χ1n) is 3.71. The Kier molecular flexibility index (Phi) is 2.32. The van der Waals surface area contributed by atoms with Crippen LogP contribution in [0.15, 0.2) is 5.16 Å². The third-order valence-electron chi connectivity index (χ3n) is 1.52. The fourth-order valence-electron chi connectivity index (χ4n) is 0.928. The van der Waals surface area contributed by atoms with Crippen LogP contribution in [0.4, 0.5) is 0 Å². The molecule has 0 aliphatic heterocycles. The minimum absolute atomic E-state index is 0.0459. The number of nitrogen functional groups attached to an aromatic ring is 1. The van der Waals surface area contributed by atoms with Gasteiger partial charge in [-0.15, -0.1) is 10.2 Å². The largest absolute Gasteiger partial charge is 0.336 e. The lowest BCUT2D eigenvalue weighted by atomic mass is 9.96. The molecule has 0 spiro atoms. The van der Waals surface area contributed by atoms with Crippen molar-refractivity contribution in [2.45, 2.75) is 31.3 Å². The lowest BCUT2D eigenvalue weighted by Crippen LogP contribution is -2.23. The van der Waals surface area contributed by atoms with E-state index < -0.39 is 0 Å². The third kappa shape index (κ3) is 1.55. The van der Waals surface area contributed by atoms with Gasteiger partial charge in [-0.3, -0.25) is 0 Å². The van der Waals surface area contributed by atoms with Crippen molar-refractivity contribution in [2.75, 3.05) is 12.1 Å². The third-order valence-corrected chi connectivity index (χ3v) is 2.16. The van der Waals surface area contributed by atoms with Gasteiger partial charge in [0.25, 0.3) is 0 Å². The summed E-state index contributed by atoms with van der Waals surface area (Å²) < 4.78 is 1.55. The second-order valence-corrected chi connectivity index (χ2v) is 4.40. The normalized spacial score (nSPS) is 12.0. The minimum atomic E-state index is -0.0459. The molecule has 1 aromatic rings. The van der Waals surface area contributed by atoms with Crippen molar-refractivity contribution in [3.8, 4) is 0 Å². The van der Waals surface area contributed by atoms with Crippen LogP contribution in [-0.4, -0.2) is 21.1 Å². The zero-order valence-corrected chi connectivity index (χ0v) is 8.64. The van der Waals surface area contributed by atoms with Crippen LogP contribution in [-0.2, 0) is 5.41 Å². The predicted octanol–water partition coefficient (Wildman–Crippen LogP) is 1.01. The highest BCUT2D eigenvalue weighted by Gasteiger charge is 2.22. The van der Waals surface area contributed by atoms with Crippen molar-refractivity contribution in [1.82, 2.24) is 14.9 Å². The average Bonchev–Trinajstić information content (AvgIpc) is 2.29. The molecule has 0 unspecified atom stereocenters. The topological polar surface area (TPSA) is 56.7 Å². The lowest BCUT2D eigenvalue weighted by molar-refractivity contribution is 0.523. The molecule has 0 atom stereocenters. The summed E-state index contributed by atoms with van der Waals surface area (Å²) in [6.45, 7) is 6.18. The van der Waals surface area contributed by atoms with Gasteiger partial charge in [-0.1, -0.05) is 32.5 Å². The fraction of sp³-hybridized carbons (Fsp3) is 0.714. The molecule has 0 saturated carbocycles. The molecule has 0 amide bonds. The average molecular weight is 186 g/mol. The molecular weight excluding hydrogens is 172 g/mol. The van der Waals surface area contributed by atoms with Crippen molar-refractivity contribution in [2.24, 2.45) is 0 Å². The second kappa shape index (κ2) is 2.97. The van der Waals surface area contributed by atoms with Crippen LogP contribution in [0.5, 0.6) is 0 Å². The molecule has 0 radical (unpaired) electrons. The zero-order valence-electron chi connectivity index (χ0n) is 7.83. The highest BCUT2D eigenvalue weighted by Crippen LogP contribution is 2.21. The van der Waals surface area contributed by atoms with E-state index in [9.17, 15) is 0 Å². The van der Waals surface area contributed by atoms with Crippen LogP contribution in [0, 0.1) is 0 Å². The Balaban J connectivity index is 3.11. The van der Waals surface area contributed by atoms with Gasteiger partial charge in [0.05, 0.1) is 0 Å². The predicted molar refractivity (Wildman–Crippen MR) is 50.7 cm³/mol. The molecule has 0 bridgehead atoms. The Bertz CT molecular complexity index is 273. The number of hydrogen-bond donors (Lipinski definition) is 1. The molecule has 5 heteroatoms. The van der Waals surface area contributed by atoms with Gasteiger partial charge in [-0.2, -0.15) is 0 Å². The summed E-state index contributed by atoms with van der Waals surface area (Å²) in [4.78, 5) is 0. The van der Waals surface area contributed by atoms with Gasteiger partial charge >= 0.3 is 0 Å². The lowest BCUT2D eigenvalue weighted by Gasteiger charge is -2.16. The Labute approximate surface area is 76.5 Å². The van der Waals surface area contributed by atoms with Crippen LogP contribution in [0.1, 0.15) is 26.6 Å². The number of rotatable bonds is 1. The van der Waals surface area contributed by atoms with Crippen molar-refractivity contribution in [3.05, 3.63) is 5.82 Å². The Morgan fingerprint density at radius 2 is 1.92 bits per heavy atom. The molecule has 1 aromatic heterocycles. The van der Waals surface area contributed by atoms with Gasteiger partial charge in [0.1, 0.15) is 0 Å². The van der Waals surface area contributed by atoms with Crippen LogP contribution >= 0.6 is 11.8 Å². The summed E-state index contributed by atoms with van der Waals surface area (Å²) >= 11 is 1.50. The summed E-state index contributed by atoms with van der Waals surface area (Å²) in [6, 6.07) is 0. The van der Waals surface area contributed by atoms with E-state index in [1.165, 1.54) is 11.8 Å². The molecule has 12 heavy (non-hydrogen) atoms. The summed E-state index contributed by atoms with van der Waals surface area (Å²) in [6.07, 6.45) is 1.93. The molecular formula is C7H14N4S. The standard InChI is InChI=1S/C7H14N4S/c1-7(2,3)5-9-10-6(12-4)11(5)8/h8H2,1-4H3. The van der Waals surface area contributed by atoms with Gasteiger partial charge in [0.2, 0.25) is 5.16 Å². The molecule has 0 saturated heterocycles. The number of thioether (sulfide) groups is 1. The SMILES string of the molecule is CSc1nnc(C(C)(C)C)n1N. The van der Waals surface area contributed by atoms with Crippen LogP contribution in [0.3, 0.4) is 0 Å². The van der Waals surface area contributed by atoms with Crippen molar-refractivity contribution >= 4 is 11.8 Å². The molecule has 1 rings (SSSR count). The van der Waals surface area contributed by atoms with Crippen molar-refractivity contribution < 1.29 is 0 Å². The molecule has 2 N–H and O–H groups in total. The molecule has 0 fully saturated rings. The minimum Gasteiger partial charge on any atom is -0.336 e. The Morgan fingerprint density at radius 3 is 2.17 bits per heavy atom. The van der Waals surface area contributed by atoms with E-state index in [4.69, 9.17) is 5.84 Å². The van der Waals surface area contributed by atoms with E-state index in [0.29, 0.717) is 0 Å². The molecule has 0 aliphatic carbocycles. The van der Waals surface area contributed by atoms with E-state index in [1.54, 1.807) is 4.68 Å². The number of aromatic nitrogens is 3. The molecule has 4 nitrogen and oxygen atoms in total. The summed E-state index contributed by atoms with van der Waals surface area (Å²) in [5.74, 6) is 6.58. The van der Waals surface area contributed by atoms with Gasteiger partial charge < -0.3 is 5.84 Å². The first-order valence-corrected chi connectivity index (χ1v) is 4.94. The maximum absolute atomic E-state index is 5.77. The van der Waals surface area contributed by atoms with E-state index in [2.05, 4.69) is 31.0 Å². The summed E-state index contributed by atoms with van der Waals surface area (Å²) in [5.41, 5.74) is -0.0459.